The maximum atomic E-state index is 12.0. The molecule has 1 heterocycles. The molecule has 0 aliphatic rings. The third-order valence-electron chi connectivity index (χ3n) is 2.46. The summed E-state index contributed by atoms with van der Waals surface area (Å²) < 4.78 is 0. The number of rotatable bonds is 4. The summed E-state index contributed by atoms with van der Waals surface area (Å²) >= 11 is 0. The molecule has 3 heteroatoms. The average Bonchev–Trinajstić information content (AvgIpc) is 2.18. The number of aryl methyl sites for hydroxylation is 1. The molecule has 0 bridgehead atoms. The molecule has 0 aromatic carbocycles. The van der Waals surface area contributed by atoms with E-state index in [0.717, 1.165) is 12.1 Å². The van der Waals surface area contributed by atoms with Gasteiger partial charge in [0.2, 0.25) is 0 Å². The highest BCUT2D eigenvalue weighted by Gasteiger charge is 2.28. The Morgan fingerprint density at radius 2 is 2.20 bits per heavy atom. The molecular weight excluding hydrogens is 188 g/mol. The van der Waals surface area contributed by atoms with E-state index >= 15 is 0 Å². The van der Waals surface area contributed by atoms with Gasteiger partial charge in [-0.15, -0.1) is 0 Å². The van der Waals surface area contributed by atoms with E-state index in [1.165, 1.54) is 0 Å². The van der Waals surface area contributed by atoms with Gasteiger partial charge in [-0.2, -0.15) is 0 Å². The maximum absolute atomic E-state index is 12.0. The van der Waals surface area contributed by atoms with Gasteiger partial charge in [-0.3, -0.25) is 9.78 Å². The number of ketones is 1. The van der Waals surface area contributed by atoms with Crippen LogP contribution in [0.25, 0.3) is 0 Å². The van der Waals surface area contributed by atoms with Crippen LogP contribution in [0.3, 0.4) is 0 Å². The van der Waals surface area contributed by atoms with Gasteiger partial charge < -0.3 is 5.73 Å². The molecule has 0 aliphatic heterocycles. The van der Waals surface area contributed by atoms with Crippen molar-refractivity contribution >= 4 is 5.78 Å². The lowest BCUT2D eigenvalue weighted by Crippen LogP contribution is -2.44. The van der Waals surface area contributed by atoms with Crippen molar-refractivity contribution in [2.45, 2.75) is 39.2 Å². The van der Waals surface area contributed by atoms with Crippen LogP contribution in [0, 0.1) is 6.92 Å². The highest BCUT2D eigenvalue weighted by Crippen LogP contribution is 2.15. The fourth-order valence-electron chi connectivity index (χ4n) is 1.56. The third kappa shape index (κ3) is 2.86. The van der Waals surface area contributed by atoms with Crippen LogP contribution in [-0.2, 0) is 0 Å². The molecule has 1 unspecified atom stereocenters. The van der Waals surface area contributed by atoms with E-state index in [9.17, 15) is 4.79 Å². The molecule has 3 nitrogen and oxygen atoms in total. The number of hydrogen-bond acceptors (Lipinski definition) is 3. The molecule has 0 aliphatic carbocycles. The summed E-state index contributed by atoms with van der Waals surface area (Å²) in [4.78, 5) is 16.1. The zero-order valence-corrected chi connectivity index (χ0v) is 9.58. The van der Waals surface area contributed by atoms with Crippen molar-refractivity contribution in [3.05, 3.63) is 29.6 Å². The summed E-state index contributed by atoms with van der Waals surface area (Å²) in [7, 11) is 0. The van der Waals surface area contributed by atoms with Crippen molar-refractivity contribution in [2.24, 2.45) is 5.73 Å². The number of Topliss-reactive ketones (excluding diaryl/α,β-unsaturated/α-hetero) is 1. The van der Waals surface area contributed by atoms with Crippen molar-refractivity contribution < 1.29 is 4.79 Å². The normalized spacial score (nSPS) is 14.7. The van der Waals surface area contributed by atoms with Crippen LogP contribution in [0.4, 0.5) is 0 Å². The van der Waals surface area contributed by atoms with Gasteiger partial charge in [-0.1, -0.05) is 13.3 Å². The standard InChI is InChI=1S/C12H18N2O/c1-4-7-12(3,13)11(15)10-6-5-9(2)14-8-10/h5-6,8H,4,7,13H2,1-3H3. The second-order valence-electron chi connectivity index (χ2n) is 4.18. The van der Waals surface area contributed by atoms with Gasteiger partial charge in [-0.05, 0) is 32.4 Å². The average molecular weight is 206 g/mol. The van der Waals surface area contributed by atoms with E-state index in [-0.39, 0.29) is 5.78 Å². The Kier molecular flexibility index (Phi) is 3.58. The second kappa shape index (κ2) is 4.53. The van der Waals surface area contributed by atoms with Crippen LogP contribution < -0.4 is 5.73 Å². The minimum absolute atomic E-state index is 0.0307. The quantitative estimate of drug-likeness (QED) is 0.767. The summed E-state index contributed by atoms with van der Waals surface area (Å²) in [6.07, 6.45) is 3.19. The molecule has 15 heavy (non-hydrogen) atoms. The van der Waals surface area contributed by atoms with Gasteiger partial charge in [-0.25, -0.2) is 0 Å². The summed E-state index contributed by atoms with van der Waals surface area (Å²) in [6, 6.07) is 3.61. The molecule has 1 aromatic rings. The molecular formula is C12H18N2O. The van der Waals surface area contributed by atoms with E-state index < -0.39 is 5.54 Å². The van der Waals surface area contributed by atoms with Gasteiger partial charge in [0.1, 0.15) is 0 Å². The van der Waals surface area contributed by atoms with Gasteiger partial charge in [0, 0.05) is 17.5 Å². The lowest BCUT2D eigenvalue weighted by Gasteiger charge is -2.22. The number of nitrogens with two attached hydrogens (primary N) is 1. The highest BCUT2D eigenvalue weighted by atomic mass is 16.1. The molecule has 0 radical (unpaired) electrons. The first-order valence-electron chi connectivity index (χ1n) is 5.23. The predicted octanol–water partition coefficient (Wildman–Crippen LogP) is 2.09. The van der Waals surface area contributed by atoms with Crippen LogP contribution in [0.2, 0.25) is 0 Å². The van der Waals surface area contributed by atoms with Gasteiger partial charge >= 0.3 is 0 Å². The maximum Gasteiger partial charge on any atom is 0.183 e. The van der Waals surface area contributed by atoms with E-state index in [0.29, 0.717) is 12.0 Å². The van der Waals surface area contributed by atoms with Crippen LogP contribution in [0.5, 0.6) is 0 Å². The van der Waals surface area contributed by atoms with Crippen LogP contribution in [0.1, 0.15) is 42.7 Å². The molecule has 1 rings (SSSR count). The fourth-order valence-corrected chi connectivity index (χ4v) is 1.56. The van der Waals surface area contributed by atoms with Crippen LogP contribution in [0.15, 0.2) is 18.3 Å². The minimum atomic E-state index is -0.772. The summed E-state index contributed by atoms with van der Waals surface area (Å²) in [6.45, 7) is 5.69. The van der Waals surface area contributed by atoms with Crippen molar-refractivity contribution in [1.29, 1.82) is 0 Å². The molecule has 1 atom stereocenters. The third-order valence-corrected chi connectivity index (χ3v) is 2.46. The van der Waals surface area contributed by atoms with Gasteiger partial charge in [0.15, 0.2) is 5.78 Å². The summed E-state index contributed by atoms with van der Waals surface area (Å²) in [5.74, 6) is -0.0307. The van der Waals surface area contributed by atoms with E-state index in [2.05, 4.69) is 4.98 Å². The van der Waals surface area contributed by atoms with Crippen molar-refractivity contribution in [2.75, 3.05) is 0 Å². The summed E-state index contributed by atoms with van der Waals surface area (Å²) in [5, 5.41) is 0. The molecule has 1 aromatic heterocycles. The zero-order chi connectivity index (χ0) is 11.5. The number of aromatic nitrogens is 1. The van der Waals surface area contributed by atoms with Crippen molar-refractivity contribution in [3.63, 3.8) is 0 Å². The molecule has 0 saturated heterocycles. The van der Waals surface area contributed by atoms with E-state index in [4.69, 9.17) is 5.73 Å². The minimum Gasteiger partial charge on any atom is -0.319 e. The van der Waals surface area contributed by atoms with Gasteiger partial charge in [0.25, 0.3) is 0 Å². The second-order valence-corrected chi connectivity index (χ2v) is 4.18. The number of pyridine rings is 1. The Labute approximate surface area is 90.7 Å². The molecule has 0 spiro atoms. The Balaban J connectivity index is 2.89. The Bertz CT molecular complexity index is 341. The molecule has 82 valence electrons. The summed E-state index contributed by atoms with van der Waals surface area (Å²) in [5.41, 5.74) is 6.69. The van der Waals surface area contributed by atoms with E-state index in [1.54, 1.807) is 19.2 Å². The molecule has 0 amide bonds. The van der Waals surface area contributed by atoms with Crippen LogP contribution in [-0.4, -0.2) is 16.3 Å². The smallest absolute Gasteiger partial charge is 0.183 e. The van der Waals surface area contributed by atoms with Crippen molar-refractivity contribution in [1.82, 2.24) is 4.98 Å². The fraction of sp³-hybridized carbons (Fsp3) is 0.500. The Hall–Kier alpha value is -1.22. The largest absolute Gasteiger partial charge is 0.319 e. The zero-order valence-electron chi connectivity index (χ0n) is 9.58. The Morgan fingerprint density at radius 3 is 2.67 bits per heavy atom. The SMILES string of the molecule is CCCC(C)(N)C(=O)c1ccc(C)nc1. The monoisotopic (exact) mass is 206 g/mol. The predicted molar refractivity (Wildman–Crippen MR) is 60.8 cm³/mol. The Morgan fingerprint density at radius 1 is 1.53 bits per heavy atom. The number of hydrogen-bond donors (Lipinski definition) is 1. The number of carbonyl (C=O) groups is 1. The van der Waals surface area contributed by atoms with Crippen molar-refractivity contribution in [3.8, 4) is 0 Å². The number of carbonyl (C=O) groups excluding carboxylic acids is 1. The van der Waals surface area contributed by atoms with Gasteiger partial charge in [0.05, 0.1) is 5.54 Å². The van der Waals surface area contributed by atoms with E-state index in [1.807, 2.05) is 19.9 Å². The lowest BCUT2D eigenvalue weighted by atomic mass is 9.89. The number of nitrogens with zero attached hydrogens (tertiary/aromatic N) is 1. The lowest BCUT2D eigenvalue weighted by molar-refractivity contribution is 0.0892. The molecule has 0 fully saturated rings. The first kappa shape index (κ1) is 11.9. The molecule has 0 saturated carbocycles. The highest BCUT2D eigenvalue weighted by molar-refractivity contribution is 6.02. The van der Waals surface area contributed by atoms with Crippen LogP contribution >= 0.6 is 0 Å². The topological polar surface area (TPSA) is 56.0 Å². The molecule has 2 N–H and O–H groups in total. The first-order chi connectivity index (χ1) is 6.97. The first-order valence-corrected chi connectivity index (χ1v) is 5.23.